The van der Waals surface area contributed by atoms with Crippen molar-refractivity contribution in [3.8, 4) is 5.75 Å². The number of sulfonamides is 1. The van der Waals surface area contributed by atoms with E-state index in [1.54, 1.807) is 31.2 Å². The van der Waals surface area contributed by atoms with Gasteiger partial charge in [0, 0.05) is 18.7 Å². The monoisotopic (exact) mass is 285 g/mol. The molecule has 0 spiro atoms. The van der Waals surface area contributed by atoms with Gasteiger partial charge in [0.2, 0.25) is 10.0 Å². The van der Waals surface area contributed by atoms with Crippen molar-refractivity contribution in [1.82, 2.24) is 4.31 Å². The molecule has 0 radical (unpaired) electrons. The molecule has 0 aliphatic carbocycles. The summed E-state index contributed by atoms with van der Waals surface area (Å²) in [5.74, 6) is 0.142. The van der Waals surface area contributed by atoms with Crippen molar-refractivity contribution < 1.29 is 13.5 Å². The van der Waals surface area contributed by atoms with Crippen LogP contribution in [-0.4, -0.2) is 29.6 Å². The van der Waals surface area contributed by atoms with Crippen LogP contribution < -0.4 is 0 Å². The molecule has 0 fully saturated rings. The summed E-state index contributed by atoms with van der Waals surface area (Å²) in [4.78, 5) is 0. The van der Waals surface area contributed by atoms with E-state index in [-0.39, 0.29) is 12.3 Å². The molecule has 0 heterocycles. The lowest BCUT2D eigenvalue weighted by Gasteiger charge is -2.25. The van der Waals surface area contributed by atoms with Crippen molar-refractivity contribution in [2.24, 2.45) is 0 Å². The molecule has 0 aromatic heterocycles. The molecule has 4 nitrogen and oxygen atoms in total. The molecule has 108 valence electrons. The summed E-state index contributed by atoms with van der Waals surface area (Å²) in [5.41, 5.74) is 0.642. The number of aromatic hydroxyl groups is 1. The molecule has 1 aromatic rings. The molecule has 0 saturated carbocycles. The number of hydrogen-bond donors (Lipinski definition) is 1. The molecule has 0 aliphatic heterocycles. The minimum absolute atomic E-state index is 0.142. The first-order valence-electron chi connectivity index (χ1n) is 6.69. The molecular weight excluding hydrogens is 262 g/mol. The van der Waals surface area contributed by atoms with Crippen LogP contribution in [0.5, 0.6) is 5.75 Å². The predicted octanol–water partition coefficient (Wildman–Crippen LogP) is 2.73. The fourth-order valence-electron chi connectivity index (χ4n) is 1.85. The highest BCUT2D eigenvalue weighted by atomic mass is 32.2. The predicted molar refractivity (Wildman–Crippen MR) is 77.5 cm³/mol. The van der Waals surface area contributed by atoms with E-state index in [0.29, 0.717) is 18.5 Å². The molecule has 19 heavy (non-hydrogen) atoms. The third-order valence-electron chi connectivity index (χ3n) is 3.25. The molecule has 1 aromatic carbocycles. The first-order chi connectivity index (χ1) is 8.93. The molecule has 0 aliphatic rings. The van der Waals surface area contributed by atoms with E-state index in [2.05, 4.69) is 0 Å². The lowest BCUT2D eigenvalue weighted by Crippen LogP contribution is -2.37. The number of hydrogen-bond acceptors (Lipinski definition) is 3. The Balaban J connectivity index is 3.00. The van der Waals surface area contributed by atoms with Crippen molar-refractivity contribution in [3.05, 3.63) is 29.8 Å². The van der Waals surface area contributed by atoms with Gasteiger partial charge >= 0.3 is 0 Å². The number of rotatable bonds is 7. The van der Waals surface area contributed by atoms with Gasteiger partial charge in [-0.25, -0.2) is 8.42 Å². The van der Waals surface area contributed by atoms with Crippen LogP contribution in [0.2, 0.25) is 0 Å². The Labute approximate surface area is 116 Å². The maximum Gasteiger partial charge on any atom is 0.217 e. The first kappa shape index (κ1) is 16.0. The quantitative estimate of drug-likeness (QED) is 0.838. The second kappa shape index (κ2) is 6.91. The number of para-hydroxylation sites is 1. The molecule has 1 rings (SSSR count). The van der Waals surface area contributed by atoms with E-state index in [9.17, 15) is 13.5 Å². The summed E-state index contributed by atoms with van der Waals surface area (Å²) in [6, 6.07) is 6.86. The third kappa shape index (κ3) is 3.94. The van der Waals surface area contributed by atoms with Crippen molar-refractivity contribution in [2.45, 2.75) is 45.4 Å². The zero-order chi connectivity index (χ0) is 14.5. The standard InChI is InChI=1S/C14H23NO3S/c1-4-10-15(19(17,18)12(3)5-2)11-13-8-6-7-9-14(13)16/h6-9,12,16H,4-5,10-11H2,1-3H3/t12-/m1/s1. The highest BCUT2D eigenvalue weighted by Crippen LogP contribution is 2.21. The smallest absolute Gasteiger partial charge is 0.217 e. The summed E-state index contributed by atoms with van der Waals surface area (Å²) < 4.78 is 26.3. The Morgan fingerprint density at radius 3 is 2.42 bits per heavy atom. The topological polar surface area (TPSA) is 57.6 Å². The largest absolute Gasteiger partial charge is 0.508 e. The molecule has 0 amide bonds. The zero-order valence-corrected chi connectivity index (χ0v) is 12.7. The minimum Gasteiger partial charge on any atom is -0.508 e. The molecule has 0 bridgehead atoms. The van der Waals surface area contributed by atoms with Crippen molar-refractivity contribution in [3.63, 3.8) is 0 Å². The van der Waals surface area contributed by atoms with Gasteiger partial charge in [-0.15, -0.1) is 0 Å². The summed E-state index contributed by atoms with van der Waals surface area (Å²) in [6.07, 6.45) is 1.34. The molecular formula is C14H23NO3S. The zero-order valence-electron chi connectivity index (χ0n) is 11.8. The van der Waals surface area contributed by atoms with Gasteiger partial charge < -0.3 is 5.11 Å². The Hall–Kier alpha value is -1.07. The average molecular weight is 285 g/mol. The van der Waals surface area contributed by atoms with Gasteiger partial charge in [-0.05, 0) is 25.8 Å². The van der Waals surface area contributed by atoms with Crippen LogP contribution in [0.3, 0.4) is 0 Å². The average Bonchev–Trinajstić information content (AvgIpc) is 2.39. The molecule has 0 unspecified atom stereocenters. The van der Waals surface area contributed by atoms with Crippen LogP contribution in [0, 0.1) is 0 Å². The second-order valence-corrected chi connectivity index (χ2v) is 7.08. The number of nitrogens with zero attached hydrogens (tertiary/aromatic N) is 1. The Morgan fingerprint density at radius 2 is 1.89 bits per heavy atom. The maximum atomic E-state index is 12.4. The second-order valence-electron chi connectivity index (χ2n) is 4.73. The van der Waals surface area contributed by atoms with E-state index in [1.165, 1.54) is 4.31 Å². The van der Waals surface area contributed by atoms with E-state index >= 15 is 0 Å². The van der Waals surface area contributed by atoms with Gasteiger partial charge in [-0.2, -0.15) is 4.31 Å². The Bertz CT molecular complexity index is 499. The van der Waals surface area contributed by atoms with Crippen LogP contribution in [0.15, 0.2) is 24.3 Å². The normalized spacial score (nSPS) is 13.7. The van der Waals surface area contributed by atoms with Crippen molar-refractivity contribution in [2.75, 3.05) is 6.54 Å². The number of benzene rings is 1. The molecule has 0 saturated heterocycles. The molecule has 5 heteroatoms. The van der Waals surface area contributed by atoms with E-state index in [1.807, 2.05) is 13.8 Å². The number of phenolic OH excluding ortho intramolecular Hbond substituents is 1. The highest BCUT2D eigenvalue weighted by Gasteiger charge is 2.27. The van der Waals surface area contributed by atoms with Crippen LogP contribution >= 0.6 is 0 Å². The van der Waals surface area contributed by atoms with Crippen molar-refractivity contribution in [1.29, 1.82) is 0 Å². The van der Waals surface area contributed by atoms with Gasteiger partial charge in [0.15, 0.2) is 0 Å². The lowest BCUT2D eigenvalue weighted by atomic mass is 10.2. The fraction of sp³-hybridized carbons (Fsp3) is 0.571. The van der Waals surface area contributed by atoms with Gasteiger partial charge in [0.1, 0.15) is 5.75 Å². The summed E-state index contributed by atoms with van der Waals surface area (Å²) in [7, 11) is -3.31. The van der Waals surface area contributed by atoms with E-state index < -0.39 is 15.3 Å². The van der Waals surface area contributed by atoms with Crippen LogP contribution in [0.25, 0.3) is 0 Å². The molecule has 1 N–H and O–H groups in total. The van der Waals surface area contributed by atoms with Crippen molar-refractivity contribution >= 4 is 10.0 Å². The fourth-order valence-corrected chi connectivity index (χ4v) is 3.53. The maximum absolute atomic E-state index is 12.4. The van der Waals surface area contributed by atoms with Gasteiger partial charge in [0.05, 0.1) is 5.25 Å². The van der Waals surface area contributed by atoms with Gasteiger partial charge in [0.25, 0.3) is 0 Å². The highest BCUT2D eigenvalue weighted by molar-refractivity contribution is 7.89. The van der Waals surface area contributed by atoms with E-state index in [4.69, 9.17) is 0 Å². The summed E-state index contributed by atoms with van der Waals surface area (Å²) in [6.45, 7) is 6.24. The minimum atomic E-state index is -3.31. The van der Waals surface area contributed by atoms with Crippen LogP contribution in [-0.2, 0) is 16.6 Å². The lowest BCUT2D eigenvalue weighted by molar-refractivity contribution is 0.387. The summed E-state index contributed by atoms with van der Waals surface area (Å²) >= 11 is 0. The number of phenols is 1. The third-order valence-corrected chi connectivity index (χ3v) is 5.64. The van der Waals surface area contributed by atoms with Gasteiger partial charge in [-0.1, -0.05) is 32.0 Å². The molecule has 1 atom stereocenters. The van der Waals surface area contributed by atoms with E-state index in [0.717, 1.165) is 6.42 Å². The first-order valence-corrected chi connectivity index (χ1v) is 8.19. The Morgan fingerprint density at radius 1 is 1.26 bits per heavy atom. The van der Waals surface area contributed by atoms with Gasteiger partial charge in [-0.3, -0.25) is 0 Å². The van der Waals surface area contributed by atoms with Crippen LogP contribution in [0.4, 0.5) is 0 Å². The summed E-state index contributed by atoms with van der Waals surface area (Å²) in [5, 5.41) is 9.37. The van der Waals surface area contributed by atoms with Crippen LogP contribution in [0.1, 0.15) is 39.2 Å². The Kier molecular flexibility index (Phi) is 5.82. The SMILES string of the molecule is CCCN(Cc1ccccc1O)S(=O)(=O)[C@H](C)CC.